The Bertz CT molecular complexity index is 630. The average Bonchev–Trinajstić information content (AvgIpc) is 2.39. The van der Waals surface area contributed by atoms with Crippen LogP contribution in [-0.2, 0) is 6.61 Å². The molecule has 0 unspecified atom stereocenters. The van der Waals surface area contributed by atoms with Crippen LogP contribution < -0.4 is 10.5 Å². The van der Waals surface area contributed by atoms with Crippen molar-refractivity contribution in [3.05, 3.63) is 59.2 Å². The highest BCUT2D eigenvalue weighted by Gasteiger charge is 2.09. The van der Waals surface area contributed by atoms with Crippen LogP contribution in [-0.4, -0.2) is 0 Å². The van der Waals surface area contributed by atoms with Crippen LogP contribution in [0.4, 0.5) is 14.5 Å². The van der Waals surface area contributed by atoms with E-state index in [1.807, 2.05) is 6.07 Å². The lowest BCUT2D eigenvalue weighted by Gasteiger charge is -2.10. The second kappa shape index (κ2) is 5.36. The van der Waals surface area contributed by atoms with Crippen LogP contribution in [0.5, 0.6) is 5.75 Å². The summed E-state index contributed by atoms with van der Waals surface area (Å²) in [5.41, 5.74) is 6.15. The van der Waals surface area contributed by atoms with E-state index in [1.165, 1.54) is 30.3 Å². The molecule has 0 aliphatic heterocycles. The molecule has 0 atom stereocenters. The van der Waals surface area contributed by atoms with Crippen molar-refractivity contribution < 1.29 is 13.5 Å². The Morgan fingerprint density at radius 1 is 1.16 bits per heavy atom. The molecule has 2 N–H and O–H groups in total. The maximum atomic E-state index is 13.6. The van der Waals surface area contributed by atoms with Gasteiger partial charge < -0.3 is 10.5 Å². The molecule has 2 aromatic rings. The predicted octanol–water partition coefficient (Wildman–Crippen LogP) is 3.00. The zero-order valence-corrected chi connectivity index (χ0v) is 9.86. The summed E-state index contributed by atoms with van der Waals surface area (Å²) < 4.78 is 32.2. The molecule has 3 nitrogen and oxygen atoms in total. The maximum absolute atomic E-state index is 13.6. The van der Waals surface area contributed by atoms with Crippen molar-refractivity contribution in [1.29, 1.82) is 5.26 Å². The second-order valence-corrected chi connectivity index (χ2v) is 3.86. The molecule has 2 aromatic carbocycles. The second-order valence-electron chi connectivity index (χ2n) is 3.86. The van der Waals surface area contributed by atoms with E-state index in [-0.39, 0.29) is 29.2 Å². The Hall–Kier alpha value is -2.61. The van der Waals surface area contributed by atoms with E-state index in [4.69, 9.17) is 15.7 Å². The smallest absolute Gasteiger partial charge is 0.178 e. The van der Waals surface area contributed by atoms with Gasteiger partial charge in [-0.05, 0) is 24.3 Å². The molecule has 0 aliphatic carbocycles. The highest BCUT2D eigenvalue weighted by molar-refractivity contribution is 5.52. The van der Waals surface area contributed by atoms with Gasteiger partial charge in [0.25, 0.3) is 0 Å². The fourth-order valence-electron chi connectivity index (χ4n) is 1.56. The van der Waals surface area contributed by atoms with Gasteiger partial charge in [-0.25, -0.2) is 8.78 Å². The monoisotopic (exact) mass is 260 g/mol. The lowest BCUT2D eigenvalue weighted by molar-refractivity contribution is 0.286. The topological polar surface area (TPSA) is 59.0 Å². The zero-order chi connectivity index (χ0) is 13.8. The molecule has 96 valence electrons. The highest BCUT2D eigenvalue weighted by Crippen LogP contribution is 2.26. The molecule has 0 radical (unpaired) electrons. The van der Waals surface area contributed by atoms with Gasteiger partial charge in [-0.2, -0.15) is 5.26 Å². The largest absolute Gasteiger partial charge is 0.484 e. The molecule has 0 spiro atoms. The van der Waals surface area contributed by atoms with E-state index in [9.17, 15) is 8.78 Å². The SMILES string of the molecule is N#Cc1ccc(COc2c(N)cccc2F)c(F)c1. The Morgan fingerprint density at radius 2 is 1.95 bits per heavy atom. The third kappa shape index (κ3) is 2.80. The van der Waals surface area contributed by atoms with Gasteiger partial charge in [0, 0.05) is 5.56 Å². The Labute approximate surface area is 108 Å². The van der Waals surface area contributed by atoms with E-state index in [1.54, 1.807) is 0 Å². The van der Waals surface area contributed by atoms with Gasteiger partial charge in [0.05, 0.1) is 17.3 Å². The first-order valence-electron chi connectivity index (χ1n) is 5.47. The van der Waals surface area contributed by atoms with Gasteiger partial charge in [0.1, 0.15) is 12.4 Å². The van der Waals surface area contributed by atoms with Gasteiger partial charge in [-0.15, -0.1) is 0 Å². The Morgan fingerprint density at radius 3 is 2.58 bits per heavy atom. The number of ether oxygens (including phenoxy) is 1. The number of benzene rings is 2. The van der Waals surface area contributed by atoms with Gasteiger partial charge in [-0.1, -0.05) is 12.1 Å². The van der Waals surface area contributed by atoms with Crippen LogP contribution >= 0.6 is 0 Å². The summed E-state index contributed by atoms with van der Waals surface area (Å²) in [6.45, 7) is -0.164. The van der Waals surface area contributed by atoms with Crippen molar-refractivity contribution in [3.8, 4) is 11.8 Å². The van der Waals surface area contributed by atoms with E-state index in [2.05, 4.69) is 0 Å². The molecular formula is C14H10F2N2O. The first-order valence-corrected chi connectivity index (χ1v) is 5.47. The van der Waals surface area contributed by atoms with Crippen molar-refractivity contribution in [1.82, 2.24) is 0 Å². The van der Waals surface area contributed by atoms with Gasteiger partial charge in [-0.3, -0.25) is 0 Å². The molecule has 19 heavy (non-hydrogen) atoms. The van der Waals surface area contributed by atoms with Gasteiger partial charge in [0.15, 0.2) is 11.6 Å². The maximum Gasteiger partial charge on any atom is 0.178 e. The lowest BCUT2D eigenvalue weighted by Crippen LogP contribution is -2.03. The molecule has 0 aromatic heterocycles. The molecule has 2 rings (SSSR count). The lowest BCUT2D eigenvalue weighted by atomic mass is 10.1. The summed E-state index contributed by atoms with van der Waals surface area (Å²) in [6.07, 6.45) is 0. The Balaban J connectivity index is 2.17. The number of para-hydroxylation sites is 1. The van der Waals surface area contributed by atoms with E-state index < -0.39 is 11.6 Å². The number of hydrogen-bond acceptors (Lipinski definition) is 3. The first kappa shape index (κ1) is 12.8. The molecule has 5 heteroatoms. The number of halogens is 2. The quantitative estimate of drug-likeness (QED) is 0.863. The average molecular weight is 260 g/mol. The number of nitrogens with zero attached hydrogens (tertiary/aromatic N) is 1. The molecule has 0 saturated carbocycles. The van der Waals surface area contributed by atoms with Crippen molar-refractivity contribution in [3.63, 3.8) is 0 Å². The third-order valence-corrected chi connectivity index (χ3v) is 2.55. The predicted molar refractivity (Wildman–Crippen MR) is 66.3 cm³/mol. The number of anilines is 1. The summed E-state index contributed by atoms with van der Waals surface area (Å²) in [5.74, 6) is -1.28. The normalized spacial score (nSPS) is 9.95. The first-order chi connectivity index (χ1) is 9.11. The summed E-state index contributed by atoms with van der Waals surface area (Å²) in [6, 6.07) is 9.97. The number of nitriles is 1. The van der Waals surface area contributed by atoms with Crippen LogP contribution in [0.1, 0.15) is 11.1 Å². The highest BCUT2D eigenvalue weighted by atomic mass is 19.1. The molecule has 0 saturated heterocycles. The van der Waals surface area contributed by atoms with Crippen molar-refractivity contribution >= 4 is 5.69 Å². The number of hydrogen-bond donors (Lipinski definition) is 1. The minimum absolute atomic E-state index is 0.105. The minimum Gasteiger partial charge on any atom is -0.484 e. The van der Waals surface area contributed by atoms with Crippen LogP contribution in [0, 0.1) is 23.0 Å². The summed E-state index contributed by atoms with van der Waals surface area (Å²) in [4.78, 5) is 0. The molecule has 0 heterocycles. The standard InChI is InChI=1S/C14H10F2N2O/c15-11-2-1-3-13(18)14(11)19-8-10-5-4-9(7-17)6-12(10)16/h1-6H,8,18H2. The van der Waals surface area contributed by atoms with Crippen molar-refractivity contribution in [2.24, 2.45) is 0 Å². The van der Waals surface area contributed by atoms with Crippen LogP contribution in [0.2, 0.25) is 0 Å². The fraction of sp³-hybridized carbons (Fsp3) is 0.0714. The van der Waals surface area contributed by atoms with E-state index in [0.717, 1.165) is 6.07 Å². The fourth-order valence-corrected chi connectivity index (χ4v) is 1.56. The number of nitrogens with two attached hydrogens (primary N) is 1. The number of rotatable bonds is 3. The molecule has 0 fully saturated rings. The minimum atomic E-state index is -0.603. The van der Waals surface area contributed by atoms with Gasteiger partial charge in [0.2, 0.25) is 0 Å². The summed E-state index contributed by atoms with van der Waals surface area (Å²) in [7, 11) is 0. The molecular weight excluding hydrogens is 250 g/mol. The van der Waals surface area contributed by atoms with Gasteiger partial charge >= 0.3 is 0 Å². The molecule has 0 amide bonds. The van der Waals surface area contributed by atoms with Crippen molar-refractivity contribution in [2.45, 2.75) is 6.61 Å². The van der Waals surface area contributed by atoms with Crippen molar-refractivity contribution in [2.75, 3.05) is 5.73 Å². The van der Waals surface area contributed by atoms with Crippen LogP contribution in [0.3, 0.4) is 0 Å². The molecule has 0 aliphatic rings. The summed E-state index contributed by atoms with van der Waals surface area (Å²) in [5, 5.41) is 8.62. The zero-order valence-electron chi connectivity index (χ0n) is 9.86. The van der Waals surface area contributed by atoms with Crippen LogP contribution in [0.25, 0.3) is 0 Å². The van der Waals surface area contributed by atoms with E-state index >= 15 is 0 Å². The van der Waals surface area contributed by atoms with E-state index in [0.29, 0.717) is 0 Å². The third-order valence-electron chi connectivity index (χ3n) is 2.55. The van der Waals surface area contributed by atoms with Crippen LogP contribution in [0.15, 0.2) is 36.4 Å². The summed E-state index contributed by atoms with van der Waals surface area (Å²) >= 11 is 0. The molecule has 0 bridgehead atoms. The number of nitrogen functional groups attached to an aromatic ring is 1. The Kier molecular flexibility index (Phi) is 3.62.